The Kier molecular flexibility index (Phi) is 3.72. The molecule has 3 nitrogen and oxygen atoms in total. The van der Waals surface area contributed by atoms with E-state index >= 15 is 0 Å². The molecule has 0 amide bonds. The van der Waals surface area contributed by atoms with Crippen LogP contribution in [0.2, 0.25) is 5.02 Å². The van der Waals surface area contributed by atoms with Crippen LogP contribution in [0, 0.1) is 13.8 Å². The molecule has 0 aliphatic rings. The minimum absolute atomic E-state index is 0.307. The predicted molar refractivity (Wildman–Crippen MR) is 60.2 cm³/mol. The third kappa shape index (κ3) is 2.94. The standard InChI is InChI=1S/C11H14ClNO2/c1-6-3-7(2)9(12)4-8(6)5-10(13)11(14)15/h3-4,10H,5,13H2,1-2H3,(H,14,15). The molecule has 0 heterocycles. The molecule has 15 heavy (non-hydrogen) atoms. The molecule has 0 fully saturated rings. The topological polar surface area (TPSA) is 63.3 Å². The molecule has 0 saturated carbocycles. The van der Waals surface area contributed by atoms with Crippen molar-refractivity contribution < 1.29 is 9.90 Å². The fourth-order valence-corrected chi connectivity index (χ4v) is 1.60. The molecule has 1 aromatic rings. The molecule has 0 aromatic heterocycles. The summed E-state index contributed by atoms with van der Waals surface area (Å²) in [6.07, 6.45) is 0.307. The van der Waals surface area contributed by atoms with Crippen molar-refractivity contribution in [1.82, 2.24) is 0 Å². The van der Waals surface area contributed by atoms with Crippen LogP contribution in [0.1, 0.15) is 16.7 Å². The van der Waals surface area contributed by atoms with Gasteiger partial charge in [0.25, 0.3) is 0 Å². The number of rotatable bonds is 3. The van der Waals surface area contributed by atoms with Gasteiger partial charge in [0.05, 0.1) is 0 Å². The monoisotopic (exact) mass is 227 g/mol. The summed E-state index contributed by atoms with van der Waals surface area (Å²) in [5.74, 6) is -0.994. The second-order valence-electron chi connectivity index (χ2n) is 3.68. The van der Waals surface area contributed by atoms with Crippen LogP contribution >= 0.6 is 11.6 Å². The maximum absolute atomic E-state index is 10.6. The molecule has 0 radical (unpaired) electrons. The molecule has 0 aliphatic heterocycles. The number of carboxylic acid groups (broad SMARTS) is 1. The fourth-order valence-electron chi connectivity index (χ4n) is 1.41. The Hall–Kier alpha value is -1.06. The van der Waals surface area contributed by atoms with Gasteiger partial charge in [-0.15, -0.1) is 0 Å². The zero-order valence-corrected chi connectivity index (χ0v) is 9.51. The SMILES string of the molecule is Cc1cc(C)c(CC(N)C(=O)O)cc1Cl. The quantitative estimate of drug-likeness (QED) is 0.829. The van der Waals surface area contributed by atoms with Gasteiger partial charge in [-0.05, 0) is 43.0 Å². The van der Waals surface area contributed by atoms with Crippen LogP contribution in [0.3, 0.4) is 0 Å². The highest BCUT2D eigenvalue weighted by Gasteiger charge is 2.14. The Morgan fingerprint density at radius 1 is 1.47 bits per heavy atom. The van der Waals surface area contributed by atoms with Crippen molar-refractivity contribution >= 4 is 17.6 Å². The van der Waals surface area contributed by atoms with E-state index in [4.69, 9.17) is 22.4 Å². The molecule has 0 spiro atoms. The van der Waals surface area contributed by atoms with Crippen LogP contribution in [-0.2, 0) is 11.2 Å². The van der Waals surface area contributed by atoms with Crippen LogP contribution in [-0.4, -0.2) is 17.1 Å². The number of aryl methyl sites for hydroxylation is 2. The molecule has 0 bridgehead atoms. The molecule has 0 aliphatic carbocycles. The average Bonchev–Trinajstić information content (AvgIpc) is 2.13. The largest absolute Gasteiger partial charge is 0.480 e. The van der Waals surface area contributed by atoms with Gasteiger partial charge < -0.3 is 10.8 Å². The van der Waals surface area contributed by atoms with E-state index in [9.17, 15) is 4.79 Å². The molecule has 3 N–H and O–H groups in total. The van der Waals surface area contributed by atoms with E-state index in [1.54, 1.807) is 6.07 Å². The first-order valence-corrected chi connectivity index (χ1v) is 5.03. The third-order valence-electron chi connectivity index (χ3n) is 2.37. The first-order chi connectivity index (χ1) is 6.91. The maximum atomic E-state index is 10.6. The van der Waals surface area contributed by atoms with E-state index in [0.717, 1.165) is 16.7 Å². The highest BCUT2D eigenvalue weighted by atomic mass is 35.5. The van der Waals surface area contributed by atoms with Crippen LogP contribution in [0.15, 0.2) is 12.1 Å². The Labute approximate surface area is 93.9 Å². The number of carbonyl (C=O) groups is 1. The molecule has 1 atom stereocenters. The Bertz CT molecular complexity index is 390. The summed E-state index contributed by atoms with van der Waals surface area (Å²) in [5, 5.41) is 9.35. The van der Waals surface area contributed by atoms with Crippen molar-refractivity contribution in [3.05, 3.63) is 33.8 Å². The lowest BCUT2D eigenvalue weighted by molar-refractivity contribution is -0.138. The summed E-state index contributed by atoms with van der Waals surface area (Å²) in [6, 6.07) is 2.85. The van der Waals surface area contributed by atoms with Gasteiger partial charge in [0, 0.05) is 5.02 Å². The molecular weight excluding hydrogens is 214 g/mol. The van der Waals surface area contributed by atoms with Crippen molar-refractivity contribution in [2.75, 3.05) is 0 Å². The van der Waals surface area contributed by atoms with Crippen molar-refractivity contribution in [2.24, 2.45) is 5.73 Å². The molecule has 0 saturated heterocycles. The smallest absolute Gasteiger partial charge is 0.320 e. The minimum atomic E-state index is -0.994. The van der Waals surface area contributed by atoms with Gasteiger partial charge in [0.15, 0.2) is 0 Å². The van der Waals surface area contributed by atoms with Crippen molar-refractivity contribution in [2.45, 2.75) is 26.3 Å². The summed E-state index contributed by atoms with van der Waals surface area (Å²) in [5.41, 5.74) is 8.36. The molecular formula is C11H14ClNO2. The van der Waals surface area contributed by atoms with E-state index < -0.39 is 12.0 Å². The maximum Gasteiger partial charge on any atom is 0.320 e. The van der Waals surface area contributed by atoms with Gasteiger partial charge in [0.2, 0.25) is 0 Å². The summed E-state index contributed by atoms with van der Waals surface area (Å²) in [4.78, 5) is 10.6. The number of nitrogens with two attached hydrogens (primary N) is 1. The third-order valence-corrected chi connectivity index (χ3v) is 2.78. The number of benzene rings is 1. The second kappa shape index (κ2) is 4.64. The lowest BCUT2D eigenvalue weighted by atomic mass is 9.99. The van der Waals surface area contributed by atoms with Crippen LogP contribution in [0.25, 0.3) is 0 Å². The van der Waals surface area contributed by atoms with E-state index in [1.165, 1.54) is 0 Å². The Balaban J connectivity index is 2.95. The number of halogens is 1. The van der Waals surface area contributed by atoms with Gasteiger partial charge in [-0.25, -0.2) is 0 Å². The van der Waals surface area contributed by atoms with Crippen molar-refractivity contribution in [1.29, 1.82) is 0 Å². The van der Waals surface area contributed by atoms with Crippen LogP contribution in [0.4, 0.5) is 0 Å². The van der Waals surface area contributed by atoms with Crippen molar-refractivity contribution in [3.63, 3.8) is 0 Å². The summed E-state index contributed by atoms with van der Waals surface area (Å²) >= 11 is 5.96. The van der Waals surface area contributed by atoms with Gasteiger partial charge in [-0.2, -0.15) is 0 Å². The average molecular weight is 228 g/mol. The zero-order chi connectivity index (χ0) is 11.6. The number of aliphatic carboxylic acids is 1. The summed E-state index contributed by atoms with van der Waals surface area (Å²) in [7, 11) is 0. The minimum Gasteiger partial charge on any atom is -0.480 e. The highest BCUT2D eigenvalue weighted by molar-refractivity contribution is 6.31. The Morgan fingerprint density at radius 2 is 2.07 bits per heavy atom. The molecule has 82 valence electrons. The van der Waals surface area contributed by atoms with E-state index in [0.29, 0.717) is 11.4 Å². The number of hydrogen-bond acceptors (Lipinski definition) is 2. The van der Waals surface area contributed by atoms with Gasteiger partial charge in [-0.3, -0.25) is 4.79 Å². The lowest BCUT2D eigenvalue weighted by Gasteiger charge is -2.11. The second-order valence-corrected chi connectivity index (χ2v) is 4.08. The molecule has 1 aromatic carbocycles. The highest BCUT2D eigenvalue weighted by Crippen LogP contribution is 2.21. The molecule has 1 unspecified atom stereocenters. The predicted octanol–water partition coefficient (Wildman–Crippen LogP) is 1.91. The van der Waals surface area contributed by atoms with Crippen LogP contribution in [0.5, 0.6) is 0 Å². The number of carboxylic acids is 1. The lowest BCUT2D eigenvalue weighted by Crippen LogP contribution is -2.32. The first-order valence-electron chi connectivity index (χ1n) is 4.66. The molecule has 1 rings (SSSR count). The zero-order valence-electron chi connectivity index (χ0n) is 8.75. The normalized spacial score (nSPS) is 12.5. The first kappa shape index (κ1) is 12.0. The van der Waals surface area contributed by atoms with E-state index in [2.05, 4.69) is 0 Å². The summed E-state index contributed by atoms with van der Waals surface area (Å²) in [6.45, 7) is 3.84. The van der Waals surface area contributed by atoms with Gasteiger partial charge in [0.1, 0.15) is 6.04 Å². The number of hydrogen-bond donors (Lipinski definition) is 2. The Morgan fingerprint density at radius 3 is 2.60 bits per heavy atom. The van der Waals surface area contributed by atoms with Crippen molar-refractivity contribution in [3.8, 4) is 0 Å². The summed E-state index contributed by atoms with van der Waals surface area (Å²) < 4.78 is 0. The van der Waals surface area contributed by atoms with Crippen LogP contribution < -0.4 is 5.73 Å². The van der Waals surface area contributed by atoms with E-state index in [1.807, 2.05) is 19.9 Å². The fraction of sp³-hybridized carbons (Fsp3) is 0.364. The van der Waals surface area contributed by atoms with E-state index in [-0.39, 0.29) is 0 Å². The van der Waals surface area contributed by atoms with Gasteiger partial charge in [-0.1, -0.05) is 17.7 Å². The van der Waals surface area contributed by atoms with Gasteiger partial charge >= 0.3 is 5.97 Å². The molecule has 4 heteroatoms.